The summed E-state index contributed by atoms with van der Waals surface area (Å²) in [5, 5.41) is 2.87. The summed E-state index contributed by atoms with van der Waals surface area (Å²) in [4.78, 5) is 15.8. The van der Waals surface area contributed by atoms with Crippen LogP contribution in [0.2, 0.25) is 5.02 Å². The number of amides is 1. The number of carbonyl (C=O) groups excluding carboxylic acids is 1. The fourth-order valence-corrected chi connectivity index (χ4v) is 4.69. The molecule has 1 heterocycles. The summed E-state index contributed by atoms with van der Waals surface area (Å²) in [6, 6.07) is 6.45. The van der Waals surface area contributed by atoms with E-state index in [1.54, 1.807) is 26.0 Å². The Morgan fingerprint density at radius 1 is 1.30 bits per heavy atom. The molecule has 0 saturated heterocycles. The van der Waals surface area contributed by atoms with E-state index in [4.69, 9.17) is 11.6 Å². The van der Waals surface area contributed by atoms with Gasteiger partial charge in [-0.2, -0.15) is 0 Å². The standard InChI is InChI=1S/C17H15ClFN3O3S2/c1-3-15(23)20-17-21-16-9(2)6-10(7-14(16)26-17)22-27(24,25)11-4-5-13(19)12(18)8-11/h4-8,22H,3H2,1-2H3,(H,20,21,23). The second kappa shape index (κ2) is 7.41. The summed E-state index contributed by atoms with van der Waals surface area (Å²) in [7, 11) is -3.94. The van der Waals surface area contributed by atoms with Crippen molar-refractivity contribution in [2.24, 2.45) is 0 Å². The van der Waals surface area contributed by atoms with Crippen LogP contribution in [0.1, 0.15) is 18.9 Å². The third-order valence-electron chi connectivity index (χ3n) is 3.71. The topological polar surface area (TPSA) is 88.2 Å². The minimum absolute atomic E-state index is 0.146. The van der Waals surface area contributed by atoms with Gasteiger partial charge in [0.1, 0.15) is 5.82 Å². The average Bonchev–Trinajstić information content (AvgIpc) is 2.99. The first-order valence-electron chi connectivity index (χ1n) is 7.88. The minimum atomic E-state index is -3.94. The van der Waals surface area contributed by atoms with Gasteiger partial charge in [0.15, 0.2) is 5.13 Å². The molecule has 2 N–H and O–H groups in total. The third-order valence-corrected chi connectivity index (χ3v) is 6.29. The molecular weight excluding hydrogens is 413 g/mol. The monoisotopic (exact) mass is 427 g/mol. The lowest BCUT2D eigenvalue weighted by Crippen LogP contribution is -2.13. The Hall–Kier alpha value is -2.23. The number of sulfonamides is 1. The zero-order valence-corrected chi connectivity index (χ0v) is 16.7. The van der Waals surface area contributed by atoms with Crippen LogP contribution in [0.5, 0.6) is 0 Å². The highest BCUT2D eigenvalue weighted by atomic mass is 35.5. The average molecular weight is 428 g/mol. The molecule has 6 nitrogen and oxygen atoms in total. The molecular formula is C17H15ClFN3O3S2. The molecule has 10 heteroatoms. The minimum Gasteiger partial charge on any atom is -0.302 e. The normalized spacial score (nSPS) is 11.6. The van der Waals surface area contributed by atoms with Gasteiger partial charge in [-0.1, -0.05) is 29.9 Å². The smallest absolute Gasteiger partial charge is 0.261 e. The molecule has 27 heavy (non-hydrogen) atoms. The van der Waals surface area contributed by atoms with Gasteiger partial charge in [-0.05, 0) is 42.8 Å². The van der Waals surface area contributed by atoms with Gasteiger partial charge in [0.25, 0.3) is 10.0 Å². The van der Waals surface area contributed by atoms with Crippen molar-refractivity contribution in [2.45, 2.75) is 25.2 Å². The molecule has 3 rings (SSSR count). The van der Waals surface area contributed by atoms with Gasteiger partial charge < -0.3 is 5.32 Å². The summed E-state index contributed by atoms with van der Waals surface area (Å²) in [6.45, 7) is 3.53. The van der Waals surface area contributed by atoms with E-state index in [1.165, 1.54) is 11.3 Å². The van der Waals surface area contributed by atoms with Gasteiger partial charge in [-0.3, -0.25) is 9.52 Å². The van der Waals surface area contributed by atoms with Crippen LogP contribution in [0, 0.1) is 12.7 Å². The Bertz CT molecular complexity index is 1150. The fraction of sp³-hybridized carbons (Fsp3) is 0.176. The third kappa shape index (κ3) is 4.20. The maximum atomic E-state index is 13.3. The first-order chi connectivity index (χ1) is 12.7. The number of aryl methyl sites for hydroxylation is 1. The number of aromatic nitrogens is 1. The molecule has 1 amide bonds. The summed E-state index contributed by atoms with van der Waals surface area (Å²) >= 11 is 6.92. The lowest BCUT2D eigenvalue weighted by Gasteiger charge is -2.09. The highest BCUT2D eigenvalue weighted by molar-refractivity contribution is 7.92. The van der Waals surface area contributed by atoms with Gasteiger partial charge in [0.2, 0.25) is 5.91 Å². The van der Waals surface area contributed by atoms with Crippen molar-refractivity contribution in [1.29, 1.82) is 0 Å². The molecule has 142 valence electrons. The van der Waals surface area contributed by atoms with Gasteiger partial charge in [0, 0.05) is 6.42 Å². The number of hydrogen-bond acceptors (Lipinski definition) is 5. The molecule has 2 aromatic carbocycles. The van der Waals surface area contributed by atoms with Crippen LogP contribution in [0.4, 0.5) is 15.2 Å². The van der Waals surface area contributed by atoms with Gasteiger partial charge in [0.05, 0.1) is 25.8 Å². The zero-order valence-electron chi connectivity index (χ0n) is 14.3. The van der Waals surface area contributed by atoms with E-state index >= 15 is 0 Å². The Morgan fingerprint density at radius 2 is 2.04 bits per heavy atom. The van der Waals surface area contributed by atoms with E-state index in [-0.39, 0.29) is 15.8 Å². The van der Waals surface area contributed by atoms with Crippen LogP contribution in [0.3, 0.4) is 0 Å². The van der Waals surface area contributed by atoms with Crippen LogP contribution >= 0.6 is 22.9 Å². The van der Waals surface area contributed by atoms with Crippen molar-refractivity contribution in [3.63, 3.8) is 0 Å². The molecule has 0 radical (unpaired) electrons. The summed E-state index contributed by atoms with van der Waals surface area (Å²) < 4.78 is 41.5. The van der Waals surface area contributed by atoms with Crippen LogP contribution in [-0.4, -0.2) is 19.3 Å². The fourth-order valence-electron chi connectivity index (χ4n) is 2.37. The molecule has 0 aliphatic rings. The van der Waals surface area contributed by atoms with Crippen molar-refractivity contribution in [1.82, 2.24) is 4.98 Å². The largest absolute Gasteiger partial charge is 0.302 e. The van der Waals surface area contributed by atoms with E-state index < -0.39 is 15.8 Å². The SMILES string of the molecule is CCC(=O)Nc1nc2c(C)cc(NS(=O)(=O)c3ccc(F)c(Cl)c3)cc2s1. The molecule has 0 atom stereocenters. The van der Waals surface area contributed by atoms with Crippen LogP contribution in [0.15, 0.2) is 35.2 Å². The van der Waals surface area contributed by atoms with Crippen molar-refractivity contribution in [2.75, 3.05) is 10.0 Å². The van der Waals surface area contributed by atoms with E-state index in [2.05, 4.69) is 15.0 Å². The van der Waals surface area contributed by atoms with E-state index in [1.807, 2.05) is 0 Å². The van der Waals surface area contributed by atoms with Crippen LogP contribution in [-0.2, 0) is 14.8 Å². The first kappa shape index (κ1) is 19.5. The predicted molar refractivity (Wildman–Crippen MR) is 105 cm³/mol. The number of nitrogens with zero attached hydrogens (tertiary/aromatic N) is 1. The van der Waals surface area contributed by atoms with Crippen molar-refractivity contribution in [3.05, 3.63) is 46.7 Å². The summed E-state index contributed by atoms with van der Waals surface area (Å²) in [5.74, 6) is -0.847. The van der Waals surface area contributed by atoms with Crippen LogP contribution < -0.4 is 10.0 Å². The number of benzene rings is 2. The quantitative estimate of drug-likeness (QED) is 0.625. The maximum absolute atomic E-state index is 13.3. The molecule has 0 aliphatic heterocycles. The highest BCUT2D eigenvalue weighted by Gasteiger charge is 2.18. The molecule has 0 spiro atoms. The van der Waals surface area contributed by atoms with E-state index in [0.717, 1.165) is 28.5 Å². The molecule has 0 aliphatic carbocycles. The van der Waals surface area contributed by atoms with Gasteiger partial charge in [-0.15, -0.1) is 0 Å². The number of carbonyl (C=O) groups is 1. The number of anilines is 2. The Kier molecular flexibility index (Phi) is 5.36. The van der Waals surface area contributed by atoms with Crippen LogP contribution in [0.25, 0.3) is 10.2 Å². The summed E-state index contributed by atoms with van der Waals surface area (Å²) in [5.41, 5.74) is 1.76. The lowest BCUT2D eigenvalue weighted by atomic mass is 10.2. The molecule has 0 bridgehead atoms. The molecule has 3 aromatic rings. The Balaban J connectivity index is 1.94. The van der Waals surface area contributed by atoms with Crippen molar-refractivity contribution in [3.8, 4) is 0 Å². The predicted octanol–water partition coefficient (Wildman–Crippen LogP) is 4.55. The van der Waals surface area contributed by atoms with Crippen molar-refractivity contribution >= 4 is 59.9 Å². The second-order valence-electron chi connectivity index (χ2n) is 5.74. The first-order valence-corrected chi connectivity index (χ1v) is 10.6. The summed E-state index contributed by atoms with van der Waals surface area (Å²) in [6.07, 6.45) is 0.334. The second-order valence-corrected chi connectivity index (χ2v) is 8.86. The van der Waals surface area contributed by atoms with E-state index in [9.17, 15) is 17.6 Å². The van der Waals surface area contributed by atoms with Gasteiger partial charge >= 0.3 is 0 Å². The lowest BCUT2D eigenvalue weighted by molar-refractivity contribution is -0.115. The number of nitrogens with one attached hydrogen (secondary N) is 2. The van der Waals surface area contributed by atoms with Crippen molar-refractivity contribution < 1.29 is 17.6 Å². The van der Waals surface area contributed by atoms with E-state index in [0.29, 0.717) is 22.8 Å². The highest BCUT2D eigenvalue weighted by Crippen LogP contribution is 2.32. The molecule has 1 aromatic heterocycles. The molecule has 0 fully saturated rings. The number of thiazole rings is 1. The maximum Gasteiger partial charge on any atom is 0.261 e. The number of hydrogen-bond donors (Lipinski definition) is 2. The van der Waals surface area contributed by atoms with Gasteiger partial charge in [-0.25, -0.2) is 17.8 Å². The molecule has 0 unspecified atom stereocenters. The Morgan fingerprint density at radius 3 is 2.70 bits per heavy atom. The molecule has 0 saturated carbocycles. The number of rotatable bonds is 5. The number of fused-ring (bicyclic) bond motifs is 1. The number of halogens is 2. The Labute approximate surface area is 164 Å². The zero-order chi connectivity index (χ0) is 19.8.